The molecule has 0 atom stereocenters. The van der Waals surface area contributed by atoms with Crippen molar-refractivity contribution in [3.8, 4) is 0 Å². The third-order valence-corrected chi connectivity index (χ3v) is 16.0. The van der Waals surface area contributed by atoms with Gasteiger partial charge in [-0.25, -0.2) is 0 Å². The standard InChI is InChI=1S/4C2H6N.W/c4*1-3-2;/h4*1-2H3;/q4*-1;+4. The first-order chi connectivity index (χ1) is 5.77. The van der Waals surface area contributed by atoms with Crippen LogP contribution in [0.25, 0.3) is 0 Å². The molecule has 0 heterocycles. The van der Waals surface area contributed by atoms with Crippen molar-refractivity contribution in [1.29, 1.82) is 0 Å². The molecule has 0 unspecified atom stereocenters. The fourth-order valence-electron chi connectivity index (χ4n) is 1.96. The molecule has 0 aromatic heterocycles. The maximum absolute atomic E-state index is 2.57. The zero-order valence-corrected chi connectivity index (χ0v) is 13.1. The number of hydrogen-bond acceptors (Lipinski definition) is 4. The SMILES string of the molecule is C[N](C)[W]([N](C)C)([N](C)C)[N](C)C. The molecule has 0 rings (SSSR count). The van der Waals surface area contributed by atoms with Gasteiger partial charge in [0.05, 0.1) is 0 Å². The van der Waals surface area contributed by atoms with E-state index in [2.05, 4.69) is 70.2 Å². The van der Waals surface area contributed by atoms with Crippen LogP contribution in [0.3, 0.4) is 0 Å². The normalized spacial score (nSPS) is 15.1. The van der Waals surface area contributed by atoms with Crippen LogP contribution < -0.4 is 0 Å². The second-order valence-corrected chi connectivity index (χ2v) is 17.8. The second kappa shape index (κ2) is 4.85. The van der Waals surface area contributed by atoms with E-state index in [-0.39, 0.29) is 0 Å². The molecule has 0 aromatic carbocycles. The maximum atomic E-state index is 2.40. The van der Waals surface area contributed by atoms with Crippen molar-refractivity contribution in [3.63, 3.8) is 0 Å². The molecule has 0 saturated heterocycles. The molecular formula is C8H24N4W. The average molecular weight is 360 g/mol. The third-order valence-electron chi connectivity index (χ3n) is 1.96. The van der Waals surface area contributed by atoms with Crippen LogP contribution in [0.15, 0.2) is 0 Å². The molecule has 0 spiro atoms. The van der Waals surface area contributed by atoms with Crippen molar-refractivity contribution in [2.75, 3.05) is 56.4 Å². The molecule has 0 aromatic rings. The van der Waals surface area contributed by atoms with E-state index in [1.54, 1.807) is 0 Å². The van der Waals surface area contributed by atoms with Gasteiger partial charge in [0.1, 0.15) is 0 Å². The van der Waals surface area contributed by atoms with E-state index in [1.807, 2.05) is 0 Å². The van der Waals surface area contributed by atoms with E-state index >= 15 is 0 Å². The molecule has 0 bridgehead atoms. The van der Waals surface area contributed by atoms with Gasteiger partial charge in [-0.3, -0.25) is 0 Å². The summed E-state index contributed by atoms with van der Waals surface area (Å²) < 4.78 is 9.58. The van der Waals surface area contributed by atoms with Gasteiger partial charge < -0.3 is 0 Å². The Morgan fingerprint density at radius 3 is 0.615 bits per heavy atom. The van der Waals surface area contributed by atoms with Crippen molar-refractivity contribution < 1.29 is 17.1 Å². The van der Waals surface area contributed by atoms with Gasteiger partial charge in [0.25, 0.3) is 0 Å². The van der Waals surface area contributed by atoms with Crippen molar-refractivity contribution in [1.82, 2.24) is 13.8 Å². The fraction of sp³-hybridized carbons (Fsp3) is 1.00. The summed E-state index contributed by atoms with van der Waals surface area (Å²) in [4.78, 5) is 0. The van der Waals surface area contributed by atoms with Gasteiger partial charge in [0.2, 0.25) is 0 Å². The first-order valence-electron chi connectivity index (χ1n) is 4.31. The first kappa shape index (κ1) is 13.5. The number of nitrogens with zero attached hydrogens (tertiary/aromatic N) is 4. The molecule has 4 nitrogen and oxygen atoms in total. The Hall–Kier alpha value is 0.528. The summed E-state index contributed by atoms with van der Waals surface area (Å²) >= 11 is -2.57. The van der Waals surface area contributed by atoms with Crippen LogP contribution in [0.2, 0.25) is 0 Å². The molecule has 0 fully saturated rings. The molecule has 0 amide bonds. The molecule has 0 radical (unpaired) electrons. The van der Waals surface area contributed by atoms with Crippen molar-refractivity contribution >= 4 is 0 Å². The predicted molar refractivity (Wildman–Crippen MR) is 54.7 cm³/mol. The van der Waals surface area contributed by atoms with Crippen molar-refractivity contribution in [3.05, 3.63) is 0 Å². The van der Waals surface area contributed by atoms with E-state index < -0.39 is 17.1 Å². The van der Waals surface area contributed by atoms with Crippen LogP contribution in [-0.2, 0) is 17.1 Å². The Labute approximate surface area is 87.5 Å². The topological polar surface area (TPSA) is 13.0 Å². The van der Waals surface area contributed by atoms with Crippen LogP contribution in [0, 0.1) is 0 Å². The predicted octanol–water partition coefficient (Wildman–Crippen LogP) is 0.0467. The van der Waals surface area contributed by atoms with Crippen LogP contribution in [0.1, 0.15) is 0 Å². The van der Waals surface area contributed by atoms with Gasteiger partial charge in [-0.15, -0.1) is 0 Å². The summed E-state index contributed by atoms with van der Waals surface area (Å²) in [7, 11) is 17.4. The molecule has 82 valence electrons. The van der Waals surface area contributed by atoms with Crippen molar-refractivity contribution in [2.45, 2.75) is 0 Å². The number of rotatable bonds is 4. The fourth-order valence-corrected chi connectivity index (χ4v) is 16.0. The van der Waals surface area contributed by atoms with E-state index in [4.69, 9.17) is 0 Å². The van der Waals surface area contributed by atoms with Crippen LogP contribution in [0.5, 0.6) is 0 Å². The summed E-state index contributed by atoms with van der Waals surface area (Å²) in [6.45, 7) is 0. The summed E-state index contributed by atoms with van der Waals surface area (Å²) in [5.74, 6) is 0. The monoisotopic (exact) mass is 360 g/mol. The Bertz CT molecular complexity index is 119. The summed E-state index contributed by atoms with van der Waals surface area (Å²) in [6, 6.07) is 0. The summed E-state index contributed by atoms with van der Waals surface area (Å²) in [5.41, 5.74) is 0. The minimum atomic E-state index is -2.57. The number of hydrogen-bond donors (Lipinski definition) is 0. The average Bonchev–Trinajstić information content (AvgIpc) is 1.82. The van der Waals surface area contributed by atoms with Gasteiger partial charge in [0, 0.05) is 0 Å². The molecule has 0 aliphatic rings. The summed E-state index contributed by atoms with van der Waals surface area (Å²) in [6.07, 6.45) is 0. The molecule has 0 saturated carbocycles. The zero-order valence-electron chi connectivity index (χ0n) is 10.2. The van der Waals surface area contributed by atoms with Crippen molar-refractivity contribution in [2.24, 2.45) is 0 Å². The third kappa shape index (κ3) is 2.31. The van der Waals surface area contributed by atoms with E-state index in [0.717, 1.165) is 0 Å². The molecule has 0 aliphatic carbocycles. The van der Waals surface area contributed by atoms with E-state index in [9.17, 15) is 0 Å². The Morgan fingerprint density at radius 1 is 0.462 bits per heavy atom. The Balaban J connectivity index is 5.06. The van der Waals surface area contributed by atoms with Crippen LogP contribution in [0.4, 0.5) is 0 Å². The quantitative estimate of drug-likeness (QED) is 0.703. The van der Waals surface area contributed by atoms with Crippen LogP contribution in [-0.4, -0.2) is 70.2 Å². The Morgan fingerprint density at radius 2 is 0.615 bits per heavy atom. The van der Waals surface area contributed by atoms with Gasteiger partial charge in [-0.1, -0.05) is 0 Å². The molecule has 5 heteroatoms. The van der Waals surface area contributed by atoms with E-state index in [1.165, 1.54) is 0 Å². The molecule has 0 N–H and O–H groups in total. The van der Waals surface area contributed by atoms with Gasteiger partial charge >= 0.3 is 87.3 Å². The van der Waals surface area contributed by atoms with Gasteiger partial charge in [0.15, 0.2) is 0 Å². The summed E-state index contributed by atoms with van der Waals surface area (Å²) in [5, 5.41) is 0. The minimum absolute atomic E-state index is 2.18. The Kier molecular flexibility index (Phi) is 5.05. The molecular weight excluding hydrogens is 336 g/mol. The molecule has 13 heavy (non-hydrogen) atoms. The van der Waals surface area contributed by atoms with E-state index in [0.29, 0.717) is 0 Å². The van der Waals surface area contributed by atoms with Gasteiger partial charge in [-0.2, -0.15) is 0 Å². The first-order valence-corrected chi connectivity index (χ1v) is 9.56. The van der Waals surface area contributed by atoms with Crippen LogP contribution >= 0.6 is 0 Å². The zero-order chi connectivity index (χ0) is 10.8. The van der Waals surface area contributed by atoms with Gasteiger partial charge in [-0.05, 0) is 0 Å². The molecule has 0 aliphatic heterocycles. The second-order valence-electron chi connectivity index (χ2n) is 3.74.